The monoisotopic (exact) mass is 91.0 g/mol. The van der Waals surface area contributed by atoms with Gasteiger partial charge in [0, 0.05) is 0 Å². The molecule has 0 heterocycles. The Balaban J connectivity index is 0. The van der Waals surface area contributed by atoms with E-state index in [1.54, 1.807) is 0 Å². The third-order valence-electron chi connectivity index (χ3n) is 0. The second-order valence-electron chi connectivity index (χ2n) is 0. The van der Waals surface area contributed by atoms with E-state index in [-0.39, 0.29) is 57.8 Å². The van der Waals surface area contributed by atoms with Crippen molar-refractivity contribution in [3.63, 3.8) is 0 Å². The van der Waals surface area contributed by atoms with Crippen molar-refractivity contribution in [1.29, 1.82) is 0 Å². The number of hydrogen-bond donors (Lipinski definition) is 1. The van der Waals surface area contributed by atoms with E-state index in [1.165, 1.54) is 0 Å². The van der Waals surface area contributed by atoms with Gasteiger partial charge < -0.3 is 6.15 Å². The molecule has 1 nitrogen and oxygen atoms in total. The molecule has 0 aromatic rings. The van der Waals surface area contributed by atoms with Crippen LogP contribution < -0.4 is 6.15 Å². The zero-order valence-corrected chi connectivity index (χ0v) is 1.12. The van der Waals surface area contributed by atoms with Crippen molar-refractivity contribution in [2.75, 3.05) is 0 Å². The van der Waals surface area contributed by atoms with Gasteiger partial charge in [0.15, 0.2) is 17.4 Å². The van der Waals surface area contributed by atoms with Gasteiger partial charge >= 0.3 is 29.6 Å². The molecule has 0 aliphatic heterocycles. The summed E-state index contributed by atoms with van der Waals surface area (Å²) >= 11 is 0. The molecule has 0 bridgehead atoms. The maximum atomic E-state index is 0. The molecule has 0 amide bonds. The maximum absolute atomic E-state index is 0. The molecule has 0 aliphatic carbocycles. The van der Waals surface area contributed by atoms with Gasteiger partial charge in [0.25, 0.3) is 0 Å². The average Bonchev–Trinajstić information content (AvgIpc) is 0. The number of halogens is 1. The fourth-order valence-corrected chi connectivity index (χ4v) is 0. The third kappa shape index (κ3) is 9.93. The van der Waals surface area contributed by atoms with E-state index in [9.17, 15) is 0 Å². The second-order valence-corrected chi connectivity index (χ2v) is 0. The van der Waals surface area contributed by atoms with Crippen molar-refractivity contribution < 1.29 is 4.70 Å². The van der Waals surface area contributed by atoms with E-state index < -0.39 is 0 Å². The fourth-order valence-electron chi connectivity index (χ4n) is 0. The summed E-state index contributed by atoms with van der Waals surface area (Å²) in [7, 11) is 0. The van der Waals surface area contributed by atoms with Gasteiger partial charge in [-0.1, -0.05) is 0 Å². The molecule has 0 aliphatic rings. The molecule has 0 rings (SSSR count). The summed E-state index contributed by atoms with van der Waals surface area (Å²) in [6, 6.07) is 0. The summed E-state index contributed by atoms with van der Waals surface area (Å²) in [4.78, 5) is 0. The minimum absolute atomic E-state index is 0. The first-order chi connectivity index (χ1) is 0. The normalized spacial score (nSPS) is 0. The van der Waals surface area contributed by atoms with Crippen LogP contribution in [0.25, 0.3) is 0 Å². The standard InChI is InChI=1S/Al.FH.H3N.Na.4H/h;1H;1H3;;;;;. The Kier molecular flexibility index (Phi) is 335. The van der Waals surface area contributed by atoms with Crippen molar-refractivity contribution >= 4 is 46.9 Å². The molecule has 0 saturated heterocycles. The molecule has 0 saturated carbocycles. The second kappa shape index (κ2) is 25.6. The minimum atomic E-state index is 0. The Morgan fingerprint density at radius 2 is 1.00 bits per heavy atom. The van der Waals surface area contributed by atoms with Crippen LogP contribution in [0.1, 0.15) is 0 Å². The number of hydrogen-bond acceptors (Lipinski definition) is 1. The van der Waals surface area contributed by atoms with Crippen molar-refractivity contribution in [1.82, 2.24) is 6.15 Å². The summed E-state index contributed by atoms with van der Waals surface area (Å²) in [5.41, 5.74) is 0. The van der Waals surface area contributed by atoms with Crippen LogP contribution in [0.2, 0.25) is 0 Å². The van der Waals surface area contributed by atoms with Crippen LogP contribution in [0.5, 0.6) is 0 Å². The molecule has 0 unspecified atom stereocenters. The summed E-state index contributed by atoms with van der Waals surface area (Å²) in [6.45, 7) is 0. The van der Waals surface area contributed by atoms with Crippen molar-refractivity contribution in [3.05, 3.63) is 0 Å². The molecular formula is H8AlFNNa. The van der Waals surface area contributed by atoms with Gasteiger partial charge in [-0.2, -0.15) is 0 Å². The third-order valence-corrected chi connectivity index (χ3v) is 0. The Morgan fingerprint density at radius 1 is 1.00 bits per heavy atom. The van der Waals surface area contributed by atoms with Gasteiger partial charge in [0.05, 0.1) is 0 Å². The van der Waals surface area contributed by atoms with Crippen LogP contribution >= 0.6 is 0 Å². The predicted octanol–water partition coefficient (Wildman–Crippen LogP) is -1.52. The van der Waals surface area contributed by atoms with E-state index in [0.717, 1.165) is 0 Å². The summed E-state index contributed by atoms with van der Waals surface area (Å²) in [6.07, 6.45) is 0. The van der Waals surface area contributed by atoms with Crippen LogP contribution in [0.4, 0.5) is 4.70 Å². The van der Waals surface area contributed by atoms with E-state index in [1.807, 2.05) is 0 Å². The molecule has 0 aromatic carbocycles. The first kappa shape index (κ1) is 52.4. The molecule has 0 aromatic heterocycles. The Hall–Kier alpha value is 1.42. The average molecular weight is 91.0 g/mol. The zero-order valence-electron chi connectivity index (χ0n) is 1.12. The van der Waals surface area contributed by atoms with Gasteiger partial charge in [-0.25, -0.2) is 0 Å². The predicted molar refractivity (Wildman–Crippen MR) is 24.6 cm³/mol. The molecule has 0 spiro atoms. The van der Waals surface area contributed by atoms with Crippen molar-refractivity contribution in [3.8, 4) is 0 Å². The van der Waals surface area contributed by atoms with Gasteiger partial charge in [0.2, 0.25) is 0 Å². The van der Waals surface area contributed by atoms with Gasteiger partial charge in [-0.3, -0.25) is 4.70 Å². The topological polar surface area (TPSA) is 35.0 Å². The molecular weight excluding hydrogens is 83.0 g/mol. The number of rotatable bonds is 0. The Bertz CT molecular complexity index is 8.00. The van der Waals surface area contributed by atoms with Gasteiger partial charge in [-0.05, 0) is 0 Å². The first-order valence-corrected chi connectivity index (χ1v) is 0. The molecule has 0 fully saturated rings. The van der Waals surface area contributed by atoms with E-state index in [4.69, 9.17) is 0 Å². The van der Waals surface area contributed by atoms with Crippen LogP contribution in [-0.4, -0.2) is 46.9 Å². The summed E-state index contributed by atoms with van der Waals surface area (Å²) in [5, 5.41) is 0. The fraction of sp³-hybridized carbons (Fsp3) is 0. The molecule has 0 atom stereocenters. The van der Waals surface area contributed by atoms with Crippen LogP contribution in [0, 0.1) is 0 Å². The van der Waals surface area contributed by atoms with Crippen LogP contribution in [0.15, 0.2) is 0 Å². The van der Waals surface area contributed by atoms with Crippen LogP contribution in [0.3, 0.4) is 0 Å². The van der Waals surface area contributed by atoms with Crippen molar-refractivity contribution in [2.24, 2.45) is 0 Å². The Morgan fingerprint density at radius 3 is 1.00 bits per heavy atom. The summed E-state index contributed by atoms with van der Waals surface area (Å²) < 4.78 is 0. The summed E-state index contributed by atoms with van der Waals surface area (Å²) in [5.74, 6) is 0. The first-order valence-electron chi connectivity index (χ1n) is 0. The quantitative estimate of drug-likeness (QED) is 0.361. The molecule has 4 heteroatoms. The van der Waals surface area contributed by atoms with E-state index >= 15 is 0 Å². The van der Waals surface area contributed by atoms with Crippen LogP contribution in [-0.2, 0) is 0 Å². The van der Waals surface area contributed by atoms with Crippen molar-refractivity contribution in [2.45, 2.75) is 0 Å². The SMILES string of the molecule is F.N.[AlH3].[NaH]. The molecule has 4 heavy (non-hydrogen) atoms. The van der Waals surface area contributed by atoms with E-state index in [0.29, 0.717) is 0 Å². The van der Waals surface area contributed by atoms with Gasteiger partial charge in [-0.15, -0.1) is 0 Å². The molecule has 0 radical (unpaired) electrons. The molecule has 3 N–H and O–H groups in total. The zero-order chi connectivity index (χ0) is 0. The molecule has 24 valence electrons. The van der Waals surface area contributed by atoms with E-state index in [2.05, 4.69) is 0 Å². The van der Waals surface area contributed by atoms with Gasteiger partial charge in [0.1, 0.15) is 0 Å². The Labute approximate surface area is 57.5 Å².